The Kier molecular flexibility index (Phi) is 4.86. The molecule has 128 valence electrons. The summed E-state index contributed by atoms with van der Waals surface area (Å²) in [6, 6.07) is 3.49. The molecule has 0 N–H and O–H groups in total. The summed E-state index contributed by atoms with van der Waals surface area (Å²) in [5, 5.41) is 0. The largest absolute Gasteiger partial charge is 0.435 e. The van der Waals surface area contributed by atoms with E-state index in [2.05, 4.69) is 9.97 Å². The average Bonchev–Trinajstić information content (AvgIpc) is 2.52. The molecular weight excluding hydrogens is 326 g/mol. The van der Waals surface area contributed by atoms with Crippen molar-refractivity contribution in [1.82, 2.24) is 9.97 Å². The van der Waals surface area contributed by atoms with Crippen LogP contribution in [0.2, 0.25) is 0 Å². The molecule has 2 aromatic rings. The van der Waals surface area contributed by atoms with Gasteiger partial charge >= 0.3 is 6.18 Å². The molecule has 2 heterocycles. The Labute approximate surface area is 136 Å². The van der Waals surface area contributed by atoms with Crippen molar-refractivity contribution in [2.45, 2.75) is 20.0 Å². The molecule has 0 fully saturated rings. The predicted octanol–water partition coefficient (Wildman–Crippen LogP) is 3.92. The first-order valence-electron chi connectivity index (χ1n) is 7.08. The molecule has 2 aromatic heterocycles. The molecule has 4 nitrogen and oxygen atoms in total. The van der Waals surface area contributed by atoms with Crippen molar-refractivity contribution in [3.63, 3.8) is 0 Å². The monoisotopic (exact) mass is 341 g/mol. The normalized spacial score (nSPS) is 11.7. The molecule has 0 saturated carbocycles. The first kappa shape index (κ1) is 17.8. The summed E-state index contributed by atoms with van der Waals surface area (Å²) in [5.74, 6) is -1.62. The van der Waals surface area contributed by atoms with Gasteiger partial charge in [0, 0.05) is 24.7 Å². The second kappa shape index (κ2) is 6.54. The van der Waals surface area contributed by atoms with E-state index in [-0.39, 0.29) is 16.9 Å². The van der Waals surface area contributed by atoms with Gasteiger partial charge in [-0.15, -0.1) is 0 Å². The fourth-order valence-electron chi connectivity index (χ4n) is 2.15. The van der Waals surface area contributed by atoms with Gasteiger partial charge in [0.25, 0.3) is 0 Å². The number of pyridine rings is 2. The van der Waals surface area contributed by atoms with Crippen LogP contribution in [0.25, 0.3) is 11.3 Å². The van der Waals surface area contributed by atoms with Crippen LogP contribution in [0.15, 0.2) is 30.6 Å². The molecule has 0 atom stereocenters. The lowest BCUT2D eigenvalue weighted by molar-refractivity contribution is -0.140. The van der Waals surface area contributed by atoms with Crippen LogP contribution in [0.4, 0.5) is 23.2 Å². The fourth-order valence-corrected chi connectivity index (χ4v) is 2.15. The Morgan fingerprint density at radius 2 is 1.88 bits per heavy atom. The number of halogens is 4. The van der Waals surface area contributed by atoms with Gasteiger partial charge in [0.15, 0.2) is 5.69 Å². The summed E-state index contributed by atoms with van der Waals surface area (Å²) in [6.07, 6.45) is -2.61. The van der Waals surface area contributed by atoms with E-state index in [9.17, 15) is 22.4 Å². The molecule has 0 aliphatic carbocycles. The Morgan fingerprint density at radius 3 is 2.42 bits per heavy atom. The smallest absolute Gasteiger partial charge is 0.313 e. The van der Waals surface area contributed by atoms with E-state index in [1.54, 1.807) is 13.8 Å². The minimum Gasteiger partial charge on any atom is -0.313 e. The predicted molar refractivity (Wildman–Crippen MR) is 80.7 cm³/mol. The summed E-state index contributed by atoms with van der Waals surface area (Å²) >= 11 is 0. The van der Waals surface area contributed by atoms with Gasteiger partial charge in [-0.3, -0.25) is 9.78 Å². The Balaban J connectivity index is 2.57. The van der Waals surface area contributed by atoms with Crippen LogP contribution in [0, 0.1) is 11.7 Å². The van der Waals surface area contributed by atoms with Crippen molar-refractivity contribution in [1.29, 1.82) is 0 Å². The van der Waals surface area contributed by atoms with Gasteiger partial charge in [0.2, 0.25) is 5.91 Å². The van der Waals surface area contributed by atoms with E-state index in [0.29, 0.717) is 0 Å². The summed E-state index contributed by atoms with van der Waals surface area (Å²) in [7, 11) is 1.26. The van der Waals surface area contributed by atoms with Gasteiger partial charge in [-0.05, 0) is 18.2 Å². The molecule has 8 heteroatoms. The van der Waals surface area contributed by atoms with E-state index >= 15 is 0 Å². The lowest BCUT2D eigenvalue weighted by Gasteiger charge is -2.23. The molecule has 0 spiro atoms. The van der Waals surface area contributed by atoms with Crippen LogP contribution >= 0.6 is 0 Å². The van der Waals surface area contributed by atoms with Crippen LogP contribution in [-0.2, 0) is 11.0 Å². The van der Waals surface area contributed by atoms with Crippen molar-refractivity contribution < 1.29 is 22.4 Å². The molecule has 0 aliphatic rings. The highest BCUT2D eigenvalue weighted by atomic mass is 19.4. The van der Waals surface area contributed by atoms with Gasteiger partial charge in [-0.1, -0.05) is 13.8 Å². The van der Waals surface area contributed by atoms with Crippen molar-refractivity contribution in [3.8, 4) is 11.3 Å². The molecule has 0 unspecified atom stereocenters. The first-order chi connectivity index (χ1) is 11.1. The van der Waals surface area contributed by atoms with E-state index in [4.69, 9.17) is 0 Å². The summed E-state index contributed by atoms with van der Waals surface area (Å²) in [4.78, 5) is 20.1. The number of carbonyl (C=O) groups excluding carboxylic acids is 1. The number of alkyl halides is 3. The molecule has 0 bridgehead atoms. The zero-order valence-electron chi connectivity index (χ0n) is 13.2. The number of amides is 1. The average molecular weight is 341 g/mol. The van der Waals surface area contributed by atoms with Gasteiger partial charge in [0.1, 0.15) is 5.82 Å². The maximum atomic E-state index is 13.4. The quantitative estimate of drug-likeness (QED) is 0.795. The van der Waals surface area contributed by atoms with E-state index in [1.807, 2.05) is 0 Å². The zero-order chi connectivity index (χ0) is 18.1. The molecule has 1 amide bonds. The van der Waals surface area contributed by atoms with Crippen LogP contribution in [0.5, 0.6) is 0 Å². The van der Waals surface area contributed by atoms with Crippen molar-refractivity contribution in [2.24, 2.45) is 5.92 Å². The molecular formula is C16H15F4N3O. The first-order valence-corrected chi connectivity index (χ1v) is 7.08. The maximum absolute atomic E-state index is 13.4. The van der Waals surface area contributed by atoms with Crippen LogP contribution in [0.1, 0.15) is 19.5 Å². The molecule has 0 saturated heterocycles. The van der Waals surface area contributed by atoms with Gasteiger partial charge < -0.3 is 4.90 Å². The van der Waals surface area contributed by atoms with E-state index in [1.165, 1.54) is 19.3 Å². The van der Waals surface area contributed by atoms with E-state index in [0.717, 1.165) is 23.2 Å². The third-order valence-corrected chi connectivity index (χ3v) is 3.33. The topological polar surface area (TPSA) is 46.1 Å². The SMILES string of the molecule is CC(C)C(=O)N(C)c1ccc(-c2cncc(F)c2)nc1C(F)(F)F. The van der Waals surface area contributed by atoms with Crippen LogP contribution in [0.3, 0.4) is 0 Å². The number of hydrogen-bond donors (Lipinski definition) is 0. The van der Waals surface area contributed by atoms with Gasteiger partial charge in [-0.2, -0.15) is 13.2 Å². The van der Waals surface area contributed by atoms with Crippen molar-refractivity contribution in [2.75, 3.05) is 11.9 Å². The number of carbonyl (C=O) groups is 1. The Morgan fingerprint density at radius 1 is 1.21 bits per heavy atom. The molecule has 2 rings (SSSR count). The second-order valence-electron chi connectivity index (χ2n) is 5.51. The highest BCUT2D eigenvalue weighted by Crippen LogP contribution is 2.36. The number of aromatic nitrogens is 2. The van der Waals surface area contributed by atoms with Gasteiger partial charge in [0.05, 0.1) is 17.6 Å². The maximum Gasteiger partial charge on any atom is 0.435 e. The lowest BCUT2D eigenvalue weighted by Crippen LogP contribution is -2.32. The molecule has 24 heavy (non-hydrogen) atoms. The minimum absolute atomic E-state index is 0.0801. The highest BCUT2D eigenvalue weighted by Gasteiger charge is 2.38. The number of rotatable bonds is 3. The summed E-state index contributed by atoms with van der Waals surface area (Å²) in [5.41, 5.74) is -1.52. The summed E-state index contributed by atoms with van der Waals surface area (Å²) < 4.78 is 53.3. The molecule has 0 aliphatic heterocycles. The molecule has 0 aromatic carbocycles. The zero-order valence-corrected chi connectivity index (χ0v) is 13.2. The highest BCUT2D eigenvalue weighted by molar-refractivity contribution is 5.94. The van der Waals surface area contributed by atoms with E-state index < -0.39 is 29.5 Å². The third-order valence-electron chi connectivity index (χ3n) is 3.33. The number of nitrogens with zero attached hydrogens (tertiary/aromatic N) is 3. The fraction of sp³-hybridized carbons (Fsp3) is 0.312. The third kappa shape index (κ3) is 3.69. The van der Waals surface area contributed by atoms with Crippen molar-refractivity contribution >= 4 is 11.6 Å². The minimum atomic E-state index is -4.77. The van der Waals surface area contributed by atoms with Crippen LogP contribution < -0.4 is 4.90 Å². The standard InChI is InChI=1S/C16H15F4N3O/c1-9(2)15(24)23(3)13-5-4-12(22-14(13)16(18,19)20)10-6-11(17)8-21-7-10/h4-9H,1-3H3. The number of anilines is 1. The Hall–Kier alpha value is -2.51. The van der Waals surface area contributed by atoms with Gasteiger partial charge in [-0.25, -0.2) is 9.37 Å². The van der Waals surface area contributed by atoms with Crippen LogP contribution in [-0.4, -0.2) is 22.9 Å². The second-order valence-corrected chi connectivity index (χ2v) is 5.51. The number of hydrogen-bond acceptors (Lipinski definition) is 3. The summed E-state index contributed by atoms with van der Waals surface area (Å²) in [6.45, 7) is 3.18. The Bertz CT molecular complexity index is 759. The molecule has 0 radical (unpaired) electrons. The lowest BCUT2D eigenvalue weighted by atomic mass is 10.1. The van der Waals surface area contributed by atoms with Crippen molar-refractivity contribution in [3.05, 3.63) is 42.1 Å².